The first-order chi connectivity index (χ1) is 11.9. The van der Waals surface area contributed by atoms with E-state index in [-0.39, 0.29) is 17.0 Å². The number of hydrogen-bond acceptors (Lipinski definition) is 0. The van der Waals surface area contributed by atoms with Crippen molar-refractivity contribution < 1.29 is 0 Å². The molecule has 2 heteroatoms. The highest BCUT2D eigenvalue weighted by molar-refractivity contribution is 8.93. The molecule has 0 atom stereocenters. The number of rotatable bonds is 7. The lowest BCUT2D eigenvalue weighted by Gasteiger charge is -2.27. The molecule has 0 N–H and O–H groups in total. The van der Waals surface area contributed by atoms with Gasteiger partial charge in [-0.15, -0.1) is 17.0 Å². The van der Waals surface area contributed by atoms with Gasteiger partial charge in [-0.05, 0) is 42.8 Å². The largest absolute Gasteiger partial charge is 0.114 e. The minimum Gasteiger partial charge on any atom is -0.114 e. The quantitative estimate of drug-likeness (QED) is 0.341. The van der Waals surface area contributed by atoms with Crippen LogP contribution in [0.15, 0.2) is 91.0 Å². The fraction of sp³-hybridized carbons (Fsp3) is 0.217. The second-order valence-electron chi connectivity index (χ2n) is 6.25. The molecule has 0 nitrogen and oxygen atoms in total. The monoisotopic (exact) mass is 413 g/mol. The van der Waals surface area contributed by atoms with Crippen LogP contribution in [-0.2, 0) is 0 Å². The van der Waals surface area contributed by atoms with Gasteiger partial charge < -0.3 is 0 Å². The molecule has 0 aliphatic heterocycles. The van der Waals surface area contributed by atoms with Gasteiger partial charge in [-0.25, -0.2) is 0 Å². The predicted octanol–water partition coefficient (Wildman–Crippen LogP) is 5.75. The molecular formula is C23H27BrP+. The molecule has 25 heavy (non-hydrogen) atoms. The van der Waals surface area contributed by atoms with E-state index in [9.17, 15) is 0 Å². The van der Waals surface area contributed by atoms with Gasteiger partial charge >= 0.3 is 0 Å². The van der Waals surface area contributed by atoms with Crippen molar-refractivity contribution in [3.63, 3.8) is 0 Å². The summed E-state index contributed by atoms with van der Waals surface area (Å²) in [5, 5.41) is 4.50. The topological polar surface area (TPSA) is 0 Å². The molecule has 0 aromatic heterocycles. The van der Waals surface area contributed by atoms with Crippen molar-refractivity contribution in [1.82, 2.24) is 0 Å². The summed E-state index contributed by atoms with van der Waals surface area (Å²) in [7, 11) is -1.58. The summed E-state index contributed by atoms with van der Waals surface area (Å²) in [6.45, 7) is 2.29. The highest BCUT2D eigenvalue weighted by Crippen LogP contribution is 2.55. The first-order valence-electron chi connectivity index (χ1n) is 8.93. The average molecular weight is 414 g/mol. The molecule has 0 aliphatic carbocycles. The summed E-state index contributed by atoms with van der Waals surface area (Å²) >= 11 is 0. The van der Waals surface area contributed by atoms with E-state index in [4.69, 9.17) is 0 Å². The molecule has 0 unspecified atom stereocenters. The van der Waals surface area contributed by atoms with Crippen LogP contribution in [0.4, 0.5) is 0 Å². The van der Waals surface area contributed by atoms with E-state index in [0.29, 0.717) is 0 Å². The van der Waals surface area contributed by atoms with Crippen LogP contribution in [-0.4, -0.2) is 6.16 Å². The van der Waals surface area contributed by atoms with Gasteiger partial charge in [0.1, 0.15) is 23.2 Å². The minimum absolute atomic E-state index is 0. The minimum atomic E-state index is -1.58. The lowest BCUT2D eigenvalue weighted by atomic mass is 10.3. The summed E-state index contributed by atoms with van der Waals surface area (Å²) in [4.78, 5) is 0. The lowest BCUT2D eigenvalue weighted by molar-refractivity contribution is 0.776. The first kappa shape index (κ1) is 19.9. The van der Waals surface area contributed by atoms with E-state index < -0.39 is 7.26 Å². The molecule has 0 amide bonds. The Morgan fingerprint density at radius 1 is 0.560 bits per heavy atom. The molecule has 0 heterocycles. The zero-order valence-electron chi connectivity index (χ0n) is 14.8. The number of unbranched alkanes of at least 4 members (excludes halogenated alkanes) is 2. The van der Waals surface area contributed by atoms with Crippen LogP contribution >= 0.6 is 24.2 Å². The summed E-state index contributed by atoms with van der Waals surface area (Å²) in [6.07, 6.45) is 5.09. The first-order valence-corrected chi connectivity index (χ1v) is 10.9. The van der Waals surface area contributed by atoms with Gasteiger partial charge in [-0.3, -0.25) is 0 Å². The number of benzene rings is 3. The summed E-state index contributed by atoms with van der Waals surface area (Å²) in [6, 6.07) is 33.5. The second kappa shape index (κ2) is 9.90. The Morgan fingerprint density at radius 2 is 0.920 bits per heavy atom. The van der Waals surface area contributed by atoms with Gasteiger partial charge in [0.05, 0.1) is 6.16 Å². The van der Waals surface area contributed by atoms with Crippen molar-refractivity contribution in [2.45, 2.75) is 26.2 Å². The van der Waals surface area contributed by atoms with Crippen molar-refractivity contribution in [3.8, 4) is 0 Å². The molecule has 0 saturated heterocycles. The van der Waals surface area contributed by atoms with Crippen molar-refractivity contribution in [3.05, 3.63) is 91.0 Å². The van der Waals surface area contributed by atoms with Crippen LogP contribution in [0.1, 0.15) is 26.2 Å². The maximum Gasteiger partial charge on any atom is 0.112 e. The maximum atomic E-state index is 2.33. The Balaban J connectivity index is 0.00000225. The lowest BCUT2D eigenvalue weighted by Crippen LogP contribution is -2.33. The molecule has 0 saturated carbocycles. The van der Waals surface area contributed by atoms with E-state index >= 15 is 0 Å². The molecule has 3 aromatic carbocycles. The molecular weight excluding hydrogens is 387 g/mol. The van der Waals surface area contributed by atoms with Crippen molar-refractivity contribution in [2.24, 2.45) is 0 Å². The van der Waals surface area contributed by atoms with E-state index in [1.807, 2.05) is 0 Å². The smallest absolute Gasteiger partial charge is 0.112 e. The SMILES string of the molecule is Br.CCCCC[P+](c1ccccc1)(c1ccccc1)c1ccccc1. The molecule has 0 spiro atoms. The molecule has 3 aromatic rings. The zero-order valence-corrected chi connectivity index (χ0v) is 17.5. The Hall–Kier alpha value is -1.43. The molecule has 0 aliphatic rings. The van der Waals surface area contributed by atoms with Gasteiger partial charge in [-0.2, -0.15) is 0 Å². The van der Waals surface area contributed by atoms with Gasteiger partial charge in [0, 0.05) is 0 Å². The van der Waals surface area contributed by atoms with E-state index in [2.05, 4.69) is 97.9 Å². The molecule has 0 radical (unpaired) electrons. The Kier molecular flexibility index (Phi) is 7.88. The molecule has 130 valence electrons. The van der Waals surface area contributed by atoms with Crippen LogP contribution in [0.2, 0.25) is 0 Å². The van der Waals surface area contributed by atoms with Crippen LogP contribution in [0.5, 0.6) is 0 Å². The van der Waals surface area contributed by atoms with Gasteiger partial charge in [0.25, 0.3) is 0 Å². The third-order valence-corrected chi connectivity index (χ3v) is 9.21. The Bertz CT molecular complexity index is 629. The Morgan fingerprint density at radius 3 is 1.24 bits per heavy atom. The second-order valence-corrected chi connectivity index (χ2v) is 9.86. The van der Waals surface area contributed by atoms with Gasteiger partial charge in [0.2, 0.25) is 0 Å². The predicted molar refractivity (Wildman–Crippen MR) is 120 cm³/mol. The van der Waals surface area contributed by atoms with Crippen molar-refractivity contribution in [1.29, 1.82) is 0 Å². The number of halogens is 1. The summed E-state index contributed by atoms with van der Waals surface area (Å²) in [5.41, 5.74) is 0. The standard InChI is InChI=1S/C23H26P.BrH/c1-2-3-13-20-24(21-14-7-4-8-15-21,22-16-9-5-10-17-22)23-18-11-6-12-19-23;/h4-12,14-19H,2-3,13,20H2,1H3;1H/q+1;. The fourth-order valence-corrected chi connectivity index (χ4v) is 7.89. The summed E-state index contributed by atoms with van der Waals surface area (Å²) < 4.78 is 0. The third-order valence-electron chi connectivity index (χ3n) is 4.69. The molecule has 3 rings (SSSR count). The van der Waals surface area contributed by atoms with E-state index in [1.165, 1.54) is 41.3 Å². The van der Waals surface area contributed by atoms with E-state index in [0.717, 1.165) is 0 Å². The van der Waals surface area contributed by atoms with Crippen molar-refractivity contribution in [2.75, 3.05) is 6.16 Å². The van der Waals surface area contributed by atoms with Crippen LogP contribution in [0.3, 0.4) is 0 Å². The average Bonchev–Trinajstić information content (AvgIpc) is 2.68. The molecule has 0 fully saturated rings. The highest BCUT2D eigenvalue weighted by atomic mass is 79.9. The van der Waals surface area contributed by atoms with Gasteiger partial charge in [0.15, 0.2) is 0 Å². The zero-order chi connectivity index (χ0) is 16.7. The third kappa shape index (κ3) is 4.40. The summed E-state index contributed by atoms with van der Waals surface area (Å²) in [5.74, 6) is 0. The van der Waals surface area contributed by atoms with E-state index in [1.54, 1.807) is 0 Å². The van der Waals surface area contributed by atoms with Crippen LogP contribution in [0, 0.1) is 0 Å². The normalized spacial score (nSPS) is 10.9. The highest BCUT2D eigenvalue weighted by Gasteiger charge is 2.44. The van der Waals surface area contributed by atoms with Crippen LogP contribution in [0.25, 0.3) is 0 Å². The Labute approximate surface area is 163 Å². The number of hydrogen-bond donors (Lipinski definition) is 0. The molecule has 0 bridgehead atoms. The maximum absolute atomic E-state index is 2.33. The van der Waals surface area contributed by atoms with Crippen molar-refractivity contribution >= 4 is 40.2 Å². The van der Waals surface area contributed by atoms with Crippen LogP contribution < -0.4 is 15.9 Å². The van der Waals surface area contributed by atoms with Gasteiger partial charge in [-0.1, -0.05) is 74.4 Å². The fourth-order valence-electron chi connectivity index (χ4n) is 3.48.